The van der Waals surface area contributed by atoms with Crippen LogP contribution in [0.2, 0.25) is 0 Å². The summed E-state index contributed by atoms with van der Waals surface area (Å²) in [5, 5.41) is 3.58. The average molecular weight is 259 g/mol. The van der Waals surface area contributed by atoms with E-state index in [9.17, 15) is 0 Å². The summed E-state index contributed by atoms with van der Waals surface area (Å²) in [4.78, 5) is 0. The molecule has 0 atom stereocenters. The summed E-state index contributed by atoms with van der Waals surface area (Å²) < 4.78 is 5.67. The first-order chi connectivity index (χ1) is 9.40. The Hall–Kier alpha value is -1.28. The molecule has 1 aliphatic carbocycles. The maximum Gasteiger partial charge on any atom is 0.124 e. The van der Waals surface area contributed by atoms with Crippen LogP contribution in [0.15, 0.2) is 36.9 Å². The Labute approximate surface area is 116 Å². The molecule has 1 saturated carbocycles. The zero-order valence-corrected chi connectivity index (χ0v) is 11.7. The maximum atomic E-state index is 5.67. The van der Waals surface area contributed by atoms with Gasteiger partial charge in [0.05, 0.1) is 0 Å². The second-order valence-electron chi connectivity index (χ2n) is 5.34. The van der Waals surface area contributed by atoms with Crippen molar-refractivity contribution in [2.75, 3.05) is 13.2 Å². The fourth-order valence-electron chi connectivity index (χ4n) is 2.74. The quantitative estimate of drug-likeness (QED) is 0.749. The van der Waals surface area contributed by atoms with E-state index in [1.165, 1.54) is 37.7 Å². The van der Waals surface area contributed by atoms with Crippen LogP contribution in [0.5, 0.6) is 5.75 Å². The molecule has 19 heavy (non-hydrogen) atoms. The van der Waals surface area contributed by atoms with Crippen LogP contribution in [-0.4, -0.2) is 13.2 Å². The molecule has 0 bridgehead atoms. The molecule has 1 aromatic rings. The molecule has 1 fully saturated rings. The minimum absolute atomic E-state index is 0.569. The lowest BCUT2D eigenvalue weighted by Crippen LogP contribution is -2.24. The highest BCUT2D eigenvalue weighted by Crippen LogP contribution is 2.23. The van der Waals surface area contributed by atoms with Gasteiger partial charge in [0.1, 0.15) is 12.4 Å². The van der Waals surface area contributed by atoms with Crippen molar-refractivity contribution in [2.24, 2.45) is 5.92 Å². The third-order valence-electron chi connectivity index (χ3n) is 3.80. The van der Waals surface area contributed by atoms with Crippen molar-refractivity contribution < 1.29 is 4.74 Å². The van der Waals surface area contributed by atoms with Crippen LogP contribution in [-0.2, 0) is 6.54 Å². The van der Waals surface area contributed by atoms with Crippen molar-refractivity contribution in [1.29, 1.82) is 0 Å². The van der Waals surface area contributed by atoms with Gasteiger partial charge in [-0.2, -0.15) is 0 Å². The number of hydrogen-bond acceptors (Lipinski definition) is 2. The van der Waals surface area contributed by atoms with Crippen LogP contribution >= 0.6 is 0 Å². The number of ether oxygens (including phenoxy) is 1. The third-order valence-corrected chi connectivity index (χ3v) is 3.80. The van der Waals surface area contributed by atoms with E-state index in [2.05, 4.69) is 24.0 Å². The lowest BCUT2D eigenvalue weighted by Gasteiger charge is -2.22. The van der Waals surface area contributed by atoms with Crippen molar-refractivity contribution in [1.82, 2.24) is 5.32 Å². The molecular weight excluding hydrogens is 234 g/mol. The predicted molar refractivity (Wildman–Crippen MR) is 80.4 cm³/mol. The topological polar surface area (TPSA) is 21.3 Å². The van der Waals surface area contributed by atoms with Gasteiger partial charge in [0, 0.05) is 12.1 Å². The highest BCUT2D eigenvalue weighted by molar-refractivity contribution is 5.33. The molecule has 2 nitrogen and oxygen atoms in total. The van der Waals surface area contributed by atoms with Gasteiger partial charge in [-0.15, -0.1) is 0 Å². The van der Waals surface area contributed by atoms with Crippen LogP contribution in [0.3, 0.4) is 0 Å². The van der Waals surface area contributed by atoms with Gasteiger partial charge in [-0.05, 0) is 31.4 Å². The van der Waals surface area contributed by atoms with E-state index in [-0.39, 0.29) is 0 Å². The van der Waals surface area contributed by atoms with E-state index in [1.54, 1.807) is 6.08 Å². The van der Waals surface area contributed by atoms with E-state index in [1.807, 2.05) is 12.1 Å². The molecule has 1 aliphatic rings. The van der Waals surface area contributed by atoms with Gasteiger partial charge in [0.2, 0.25) is 0 Å². The molecule has 0 aliphatic heterocycles. The minimum Gasteiger partial charge on any atom is -0.489 e. The van der Waals surface area contributed by atoms with E-state index >= 15 is 0 Å². The number of hydrogen-bond donors (Lipinski definition) is 1. The van der Waals surface area contributed by atoms with Crippen LogP contribution in [0, 0.1) is 5.92 Å². The average Bonchev–Trinajstić information content (AvgIpc) is 2.47. The summed E-state index contributed by atoms with van der Waals surface area (Å²) in [7, 11) is 0. The molecule has 0 radical (unpaired) electrons. The summed E-state index contributed by atoms with van der Waals surface area (Å²) in [5.74, 6) is 1.84. The van der Waals surface area contributed by atoms with Gasteiger partial charge in [-0.25, -0.2) is 0 Å². The Bertz CT molecular complexity index is 383. The summed E-state index contributed by atoms with van der Waals surface area (Å²) in [6.45, 7) is 6.28. The summed E-state index contributed by atoms with van der Waals surface area (Å²) in [6.07, 6.45) is 8.81. The van der Waals surface area contributed by atoms with Crippen LogP contribution in [0.4, 0.5) is 0 Å². The molecule has 0 saturated heterocycles. The van der Waals surface area contributed by atoms with Crippen molar-refractivity contribution in [2.45, 2.75) is 38.6 Å². The highest BCUT2D eigenvalue weighted by Gasteiger charge is 2.12. The highest BCUT2D eigenvalue weighted by atomic mass is 16.5. The Morgan fingerprint density at radius 1 is 1.21 bits per heavy atom. The fraction of sp³-hybridized carbons (Fsp3) is 0.529. The monoisotopic (exact) mass is 259 g/mol. The van der Waals surface area contributed by atoms with Crippen molar-refractivity contribution in [3.05, 3.63) is 42.5 Å². The number of rotatable bonds is 7. The standard InChI is InChI=1S/C17H25NO/c1-2-12-19-17-11-7-6-10-16(17)14-18-13-15-8-4-3-5-9-15/h2,6-7,10-11,15,18H,1,3-5,8-9,12-14H2. The van der Waals surface area contributed by atoms with E-state index in [0.717, 1.165) is 24.8 Å². The Morgan fingerprint density at radius 3 is 2.79 bits per heavy atom. The van der Waals surface area contributed by atoms with Crippen LogP contribution in [0.25, 0.3) is 0 Å². The van der Waals surface area contributed by atoms with Crippen LogP contribution < -0.4 is 10.1 Å². The largest absolute Gasteiger partial charge is 0.489 e. The zero-order chi connectivity index (χ0) is 13.3. The maximum absolute atomic E-state index is 5.67. The first kappa shape index (κ1) is 14.1. The van der Waals surface area contributed by atoms with Crippen LogP contribution in [0.1, 0.15) is 37.7 Å². The van der Waals surface area contributed by atoms with Crippen molar-refractivity contribution in [3.8, 4) is 5.75 Å². The molecule has 0 aromatic heterocycles. The molecule has 0 amide bonds. The van der Waals surface area contributed by atoms with Gasteiger partial charge < -0.3 is 10.1 Å². The first-order valence-electron chi connectivity index (χ1n) is 7.42. The summed E-state index contributed by atoms with van der Waals surface area (Å²) in [5.41, 5.74) is 1.24. The molecule has 1 aromatic carbocycles. The Morgan fingerprint density at radius 2 is 2.00 bits per heavy atom. The van der Waals surface area contributed by atoms with E-state index in [4.69, 9.17) is 4.74 Å². The van der Waals surface area contributed by atoms with Crippen molar-refractivity contribution in [3.63, 3.8) is 0 Å². The molecule has 2 heteroatoms. The number of para-hydroxylation sites is 1. The zero-order valence-electron chi connectivity index (χ0n) is 11.7. The molecule has 0 heterocycles. The smallest absolute Gasteiger partial charge is 0.124 e. The number of benzene rings is 1. The third kappa shape index (κ3) is 4.71. The van der Waals surface area contributed by atoms with Gasteiger partial charge >= 0.3 is 0 Å². The second-order valence-corrected chi connectivity index (χ2v) is 5.34. The predicted octanol–water partition coefficient (Wildman–Crippen LogP) is 3.92. The van der Waals surface area contributed by atoms with E-state index in [0.29, 0.717) is 6.61 Å². The Kier molecular flexibility index (Phi) is 5.96. The lowest BCUT2D eigenvalue weighted by molar-refractivity contribution is 0.337. The molecule has 0 spiro atoms. The molecular formula is C17H25NO. The summed E-state index contributed by atoms with van der Waals surface area (Å²) in [6, 6.07) is 8.24. The van der Waals surface area contributed by atoms with Gasteiger partial charge in [0.25, 0.3) is 0 Å². The fourth-order valence-corrected chi connectivity index (χ4v) is 2.74. The van der Waals surface area contributed by atoms with E-state index < -0.39 is 0 Å². The normalized spacial score (nSPS) is 16.2. The second kappa shape index (κ2) is 8.00. The van der Waals surface area contributed by atoms with Crippen molar-refractivity contribution >= 4 is 0 Å². The molecule has 1 N–H and O–H groups in total. The Balaban J connectivity index is 1.79. The minimum atomic E-state index is 0.569. The summed E-state index contributed by atoms with van der Waals surface area (Å²) >= 11 is 0. The molecule has 2 rings (SSSR count). The van der Waals surface area contributed by atoms with Gasteiger partial charge in [0.15, 0.2) is 0 Å². The van der Waals surface area contributed by atoms with Gasteiger partial charge in [-0.1, -0.05) is 50.1 Å². The molecule has 104 valence electrons. The number of nitrogens with one attached hydrogen (secondary N) is 1. The SMILES string of the molecule is C=CCOc1ccccc1CNCC1CCCCC1. The van der Waals surface area contributed by atoms with Gasteiger partial charge in [-0.3, -0.25) is 0 Å². The first-order valence-corrected chi connectivity index (χ1v) is 7.42. The molecule has 0 unspecified atom stereocenters. The lowest BCUT2D eigenvalue weighted by atomic mass is 9.89.